The van der Waals surface area contributed by atoms with E-state index in [9.17, 15) is 14.7 Å². The fourth-order valence-electron chi connectivity index (χ4n) is 6.11. The summed E-state index contributed by atoms with van der Waals surface area (Å²) in [5.74, 6) is -1.89. The molecule has 4 heteroatoms. The highest BCUT2D eigenvalue weighted by Crippen LogP contribution is 2.52. The van der Waals surface area contributed by atoms with Crippen molar-refractivity contribution in [3.8, 4) is 0 Å². The van der Waals surface area contributed by atoms with Crippen LogP contribution in [0, 0.1) is 0 Å². The lowest BCUT2D eigenvalue weighted by atomic mass is 9.75. The highest BCUT2D eigenvalue weighted by molar-refractivity contribution is 5.95. The van der Waals surface area contributed by atoms with E-state index < -0.39 is 11.9 Å². The van der Waals surface area contributed by atoms with Crippen molar-refractivity contribution in [2.45, 2.75) is 44.4 Å². The number of carbonyl (C=O) groups is 2. The van der Waals surface area contributed by atoms with Gasteiger partial charge in [0.1, 0.15) is 0 Å². The van der Waals surface area contributed by atoms with Gasteiger partial charge >= 0.3 is 11.9 Å². The summed E-state index contributed by atoms with van der Waals surface area (Å²) in [6, 6.07) is 25.2. The zero-order valence-corrected chi connectivity index (χ0v) is 21.3. The lowest BCUT2D eigenvalue weighted by Gasteiger charge is -2.28. The fourth-order valence-corrected chi connectivity index (χ4v) is 6.11. The molecule has 2 aliphatic rings. The molecule has 0 saturated heterocycles. The van der Waals surface area contributed by atoms with Crippen molar-refractivity contribution in [3.05, 3.63) is 124 Å². The summed E-state index contributed by atoms with van der Waals surface area (Å²) in [7, 11) is 0. The molecule has 0 heterocycles. The monoisotopic (exact) mass is 490 g/mol. The van der Waals surface area contributed by atoms with E-state index in [4.69, 9.17) is 5.11 Å². The Bertz CT molecular complexity index is 1550. The van der Waals surface area contributed by atoms with Crippen molar-refractivity contribution in [3.63, 3.8) is 0 Å². The van der Waals surface area contributed by atoms with Crippen molar-refractivity contribution in [2.24, 2.45) is 0 Å². The third kappa shape index (κ3) is 4.33. The largest absolute Gasteiger partial charge is 0.478 e. The lowest BCUT2D eigenvalue weighted by Crippen LogP contribution is -2.23. The Hall–Kier alpha value is -4.18. The average Bonchev–Trinajstić information content (AvgIpc) is 3.10. The van der Waals surface area contributed by atoms with Gasteiger partial charge in [-0.2, -0.15) is 0 Å². The minimum absolute atomic E-state index is 0.0768. The molecule has 4 nitrogen and oxygen atoms in total. The first-order chi connectivity index (χ1) is 17.6. The molecule has 1 unspecified atom stereocenters. The normalized spacial score (nSPS) is 18.6. The predicted octanol–water partition coefficient (Wildman–Crippen LogP) is 7.48. The molecule has 0 aromatic heterocycles. The van der Waals surface area contributed by atoms with Gasteiger partial charge in [0, 0.05) is 5.41 Å². The van der Waals surface area contributed by atoms with Crippen molar-refractivity contribution in [1.82, 2.24) is 0 Å². The third-order valence-corrected chi connectivity index (χ3v) is 7.81. The molecule has 0 aliphatic heterocycles. The van der Waals surface area contributed by atoms with Crippen LogP contribution in [0.15, 0.2) is 84.9 Å². The number of carboxylic acid groups (broad SMARTS) is 2. The molecule has 6 rings (SSSR count). The number of allylic oxidation sites excluding steroid dienone is 1. The molecule has 4 aromatic carbocycles. The summed E-state index contributed by atoms with van der Waals surface area (Å²) >= 11 is 0. The van der Waals surface area contributed by atoms with Crippen molar-refractivity contribution < 1.29 is 19.8 Å². The maximum absolute atomic E-state index is 11.4. The standard InChI is InChI=1S/C20H20O4.C13H10/c1-19(2)11-20(3,14-7-4-12(5-8-14)17(21)22)16-10-13(18(23)24)6-9-15(16)19;1-4-10-6-2-8-12-9-3-7-11(5-1)13(10)12/h4-10H,11H2,1-3H3,(H,21,22)(H,23,24);1-8H,9H2. The SMILES string of the molecule is C1=Cc2cccc3cccc(c23)C1.CC1(C)CC(C)(c2ccc(C(=O)O)cc2)c2cc(C(=O)O)ccc21. The Morgan fingerprint density at radius 2 is 1.41 bits per heavy atom. The Labute approximate surface area is 216 Å². The molecule has 0 amide bonds. The summed E-state index contributed by atoms with van der Waals surface area (Å²) in [5.41, 5.74) is 6.08. The summed E-state index contributed by atoms with van der Waals surface area (Å²) < 4.78 is 0. The quantitative estimate of drug-likeness (QED) is 0.312. The molecule has 0 saturated carbocycles. The number of aromatic carboxylic acids is 2. The van der Waals surface area contributed by atoms with Crippen molar-refractivity contribution >= 4 is 28.8 Å². The first kappa shape index (κ1) is 24.5. The first-order valence-corrected chi connectivity index (χ1v) is 12.5. The van der Waals surface area contributed by atoms with E-state index in [1.165, 1.54) is 21.9 Å². The van der Waals surface area contributed by atoms with Crippen LogP contribution in [0.3, 0.4) is 0 Å². The Balaban J connectivity index is 0.000000179. The topological polar surface area (TPSA) is 74.6 Å². The van der Waals surface area contributed by atoms with Gasteiger partial charge in [-0.05, 0) is 81.1 Å². The number of hydrogen-bond donors (Lipinski definition) is 2. The van der Waals surface area contributed by atoms with E-state index in [0.29, 0.717) is 0 Å². The Kier molecular flexibility index (Phi) is 5.99. The van der Waals surface area contributed by atoms with Crippen molar-refractivity contribution in [2.75, 3.05) is 0 Å². The van der Waals surface area contributed by atoms with Crippen LogP contribution in [0.4, 0.5) is 0 Å². The van der Waals surface area contributed by atoms with Gasteiger partial charge in [0.25, 0.3) is 0 Å². The van der Waals surface area contributed by atoms with Gasteiger partial charge in [0.05, 0.1) is 11.1 Å². The molecule has 0 bridgehead atoms. The van der Waals surface area contributed by atoms with Gasteiger partial charge in [-0.3, -0.25) is 0 Å². The van der Waals surface area contributed by atoms with Crippen LogP contribution in [0.25, 0.3) is 16.8 Å². The zero-order valence-electron chi connectivity index (χ0n) is 21.3. The number of carboxylic acids is 2. The number of benzene rings is 4. The molecule has 2 N–H and O–H groups in total. The lowest BCUT2D eigenvalue weighted by molar-refractivity contribution is 0.0686. The number of rotatable bonds is 3. The molecular formula is C33H30O4. The van der Waals surface area contributed by atoms with Gasteiger partial charge < -0.3 is 10.2 Å². The second-order valence-electron chi connectivity index (χ2n) is 10.8. The van der Waals surface area contributed by atoms with Crippen LogP contribution in [0.5, 0.6) is 0 Å². The zero-order chi connectivity index (χ0) is 26.4. The molecule has 0 fully saturated rings. The van der Waals surface area contributed by atoms with Crippen LogP contribution in [-0.4, -0.2) is 22.2 Å². The fraction of sp³-hybridized carbons (Fsp3) is 0.212. The summed E-state index contributed by atoms with van der Waals surface area (Å²) in [5, 5.41) is 21.2. The Morgan fingerprint density at radius 1 is 0.757 bits per heavy atom. The van der Waals surface area contributed by atoms with Crippen LogP contribution in [-0.2, 0) is 17.3 Å². The maximum Gasteiger partial charge on any atom is 0.335 e. The second kappa shape index (κ2) is 9.04. The molecule has 1 atom stereocenters. The van der Waals surface area contributed by atoms with Gasteiger partial charge in [0.15, 0.2) is 0 Å². The van der Waals surface area contributed by atoms with E-state index in [2.05, 4.69) is 69.3 Å². The first-order valence-electron chi connectivity index (χ1n) is 12.5. The predicted molar refractivity (Wildman–Crippen MR) is 148 cm³/mol. The number of hydrogen-bond acceptors (Lipinski definition) is 2. The van der Waals surface area contributed by atoms with Crippen LogP contribution < -0.4 is 0 Å². The van der Waals surface area contributed by atoms with Gasteiger partial charge in [-0.15, -0.1) is 0 Å². The molecule has 0 radical (unpaired) electrons. The minimum Gasteiger partial charge on any atom is -0.478 e. The second-order valence-corrected chi connectivity index (χ2v) is 10.8. The Morgan fingerprint density at radius 3 is 2.08 bits per heavy atom. The maximum atomic E-state index is 11.4. The molecule has 0 spiro atoms. The van der Waals surface area contributed by atoms with E-state index in [-0.39, 0.29) is 22.0 Å². The van der Waals surface area contributed by atoms with E-state index in [0.717, 1.165) is 29.5 Å². The van der Waals surface area contributed by atoms with E-state index >= 15 is 0 Å². The van der Waals surface area contributed by atoms with E-state index in [1.807, 2.05) is 18.2 Å². The smallest absolute Gasteiger partial charge is 0.335 e. The third-order valence-electron chi connectivity index (χ3n) is 7.81. The van der Waals surface area contributed by atoms with Gasteiger partial charge in [-0.1, -0.05) is 87.5 Å². The summed E-state index contributed by atoms with van der Waals surface area (Å²) in [6.07, 6.45) is 6.37. The minimum atomic E-state index is -0.952. The molecule has 4 aromatic rings. The molecule has 186 valence electrons. The molecule has 2 aliphatic carbocycles. The van der Waals surface area contributed by atoms with E-state index in [1.54, 1.807) is 24.3 Å². The van der Waals surface area contributed by atoms with Gasteiger partial charge in [0.2, 0.25) is 0 Å². The van der Waals surface area contributed by atoms with Crippen molar-refractivity contribution in [1.29, 1.82) is 0 Å². The number of fused-ring (bicyclic) bond motifs is 1. The van der Waals surface area contributed by atoms with Gasteiger partial charge in [-0.25, -0.2) is 9.59 Å². The average molecular weight is 491 g/mol. The summed E-state index contributed by atoms with van der Waals surface area (Å²) in [6.45, 7) is 6.41. The summed E-state index contributed by atoms with van der Waals surface area (Å²) in [4.78, 5) is 22.4. The van der Waals surface area contributed by atoms with Crippen LogP contribution in [0.2, 0.25) is 0 Å². The highest BCUT2D eigenvalue weighted by Gasteiger charge is 2.45. The molecular weight excluding hydrogens is 460 g/mol. The molecule has 37 heavy (non-hydrogen) atoms. The van der Waals surface area contributed by atoms with Crippen LogP contribution in [0.1, 0.15) is 75.7 Å². The highest BCUT2D eigenvalue weighted by atomic mass is 16.4. The van der Waals surface area contributed by atoms with Crippen LogP contribution >= 0.6 is 0 Å².